The third kappa shape index (κ3) is 3.47. The molecule has 0 saturated heterocycles. The van der Waals surface area contributed by atoms with E-state index in [1.54, 1.807) is 0 Å². The number of aromatic hydroxyl groups is 1. The number of rotatable bonds is 4. The van der Waals surface area contributed by atoms with Gasteiger partial charge in [0.05, 0.1) is 11.0 Å². The van der Waals surface area contributed by atoms with Crippen LogP contribution < -0.4 is 5.32 Å². The Kier molecular flexibility index (Phi) is 4.57. The van der Waals surface area contributed by atoms with Crippen LogP contribution in [0.2, 0.25) is 0 Å². The van der Waals surface area contributed by atoms with Crippen LogP contribution in [0.15, 0.2) is 12.1 Å². The maximum atomic E-state index is 12.8. The molecule has 0 bridgehead atoms. The summed E-state index contributed by atoms with van der Waals surface area (Å²) in [6.45, 7) is -0.0636. The van der Waals surface area contributed by atoms with Crippen molar-refractivity contribution >= 4 is 5.69 Å². The van der Waals surface area contributed by atoms with Gasteiger partial charge in [-0.1, -0.05) is 0 Å². The Labute approximate surface area is 123 Å². The molecule has 0 aliphatic heterocycles. The standard InChI is InChI=1S/C13H15F3N2O4/c14-13(15,16)8-4-7(5-10(12(8)20)18(21)22)6-17-9-2-1-3-11(9)19/h4-5,9,11,17,19-20H,1-3,6H2. The summed E-state index contributed by atoms with van der Waals surface area (Å²) in [4.78, 5) is 9.73. The first-order chi connectivity index (χ1) is 10.2. The minimum atomic E-state index is -4.89. The minimum Gasteiger partial charge on any atom is -0.502 e. The molecule has 0 amide bonds. The molecule has 1 aromatic rings. The van der Waals surface area contributed by atoms with E-state index in [0.717, 1.165) is 12.5 Å². The van der Waals surface area contributed by atoms with Crippen LogP contribution in [0.3, 0.4) is 0 Å². The molecule has 2 atom stereocenters. The van der Waals surface area contributed by atoms with Gasteiger partial charge in [0.1, 0.15) is 5.56 Å². The zero-order valence-electron chi connectivity index (χ0n) is 11.4. The van der Waals surface area contributed by atoms with Gasteiger partial charge in [0.25, 0.3) is 0 Å². The molecule has 2 unspecified atom stereocenters. The van der Waals surface area contributed by atoms with Crippen LogP contribution >= 0.6 is 0 Å². The maximum Gasteiger partial charge on any atom is 0.420 e. The van der Waals surface area contributed by atoms with Gasteiger partial charge in [-0.3, -0.25) is 10.1 Å². The van der Waals surface area contributed by atoms with Crippen molar-refractivity contribution in [3.63, 3.8) is 0 Å². The van der Waals surface area contributed by atoms with Gasteiger partial charge in [0.2, 0.25) is 5.75 Å². The van der Waals surface area contributed by atoms with Gasteiger partial charge in [0.15, 0.2) is 0 Å². The van der Waals surface area contributed by atoms with E-state index in [9.17, 15) is 33.5 Å². The molecule has 3 N–H and O–H groups in total. The molecule has 0 spiro atoms. The molecule has 1 saturated carbocycles. The predicted octanol–water partition coefficient (Wildman–Crippen LogP) is 2.32. The number of aliphatic hydroxyl groups is 1. The molecule has 2 rings (SSSR count). The quantitative estimate of drug-likeness (QED) is 0.584. The number of alkyl halides is 3. The summed E-state index contributed by atoms with van der Waals surface area (Å²) in [5.74, 6) is -1.39. The first-order valence-corrected chi connectivity index (χ1v) is 6.69. The van der Waals surface area contributed by atoms with Crippen LogP contribution in [0.4, 0.5) is 18.9 Å². The summed E-state index contributed by atoms with van der Waals surface area (Å²) in [6.07, 6.45) is -3.36. The molecular weight excluding hydrogens is 305 g/mol. The van der Waals surface area contributed by atoms with Crippen molar-refractivity contribution in [2.45, 2.75) is 44.1 Å². The summed E-state index contributed by atoms with van der Waals surface area (Å²) in [5.41, 5.74) is -2.40. The van der Waals surface area contributed by atoms with E-state index in [1.807, 2.05) is 0 Å². The minimum absolute atomic E-state index is 0.0240. The van der Waals surface area contributed by atoms with Gasteiger partial charge >= 0.3 is 11.9 Å². The van der Waals surface area contributed by atoms with Crippen LogP contribution in [0.25, 0.3) is 0 Å². The van der Waals surface area contributed by atoms with Gasteiger partial charge in [-0.05, 0) is 30.9 Å². The number of hydrogen-bond acceptors (Lipinski definition) is 5. The van der Waals surface area contributed by atoms with E-state index in [4.69, 9.17) is 0 Å². The maximum absolute atomic E-state index is 12.8. The van der Waals surface area contributed by atoms with Gasteiger partial charge in [0, 0.05) is 18.7 Å². The largest absolute Gasteiger partial charge is 0.502 e. The number of nitro benzene ring substituents is 1. The average molecular weight is 320 g/mol. The number of benzene rings is 1. The summed E-state index contributed by atoms with van der Waals surface area (Å²) in [6, 6.07) is 1.33. The second kappa shape index (κ2) is 6.09. The normalized spacial score (nSPS) is 22.0. The summed E-state index contributed by atoms with van der Waals surface area (Å²) >= 11 is 0. The fraction of sp³-hybridized carbons (Fsp3) is 0.538. The van der Waals surface area contributed by atoms with Crippen molar-refractivity contribution in [2.75, 3.05) is 0 Å². The lowest BCUT2D eigenvalue weighted by molar-refractivity contribution is -0.386. The van der Waals surface area contributed by atoms with Gasteiger partial charge in [-0.15, -0.1) is 0 Å². The highest BCUT2D eigenvalue weighted by Crippen LogP contribution is 2.41. The average Bonchev–Trinajstić information content (AvgIpc) is 2.81. The summed E-state index contributed by atoms with van der Waals surface area (Å²) < 4.78 is 38.5. The Bertz CT molecular complexity index is 577. The molecule has 1 aromatic carbocycles. The monoisotopic (exact) mass is 320 g/mol. The summed E-state index contributed by atoms with van der Waals surface area (Å²) in [7, 11) is 0. The van der Waals surface area contributed by atoms with Crippen LogP contribution in [-0.4, -0.2) is 27.3 Å². The van der Waals surface area contributed by atoms with Crippen LogP contribution in [0.5, 0.6) is 5.75 Å². The second-order valence-corrected chi connectivity index (χ2v) is 5.25. The smallest absolute Gasteiger partial charge is 0.420 e. The Hall–Kier alpha value is -1.87. The third-order valence-corrected chi connectivity index (χ3v) is 3.70. The van der Waals surface area contributed by atoms with Crippen molar-refractivity contribution in [3.8, 4) is 5.75 Å². The number of nitrogens with one attached hydrogen (secondary N) is 1. The molecule has 9 heteroatoms. The van der Waals surface area contributed by atoms with Crippen molar-refractivity contribution in [2.24, 2.45) is 0 Å². The molecule has 6 nitrogen and oxygen atoms in total. The zero-order chi connectivity index (χ0) is 16.5. The molecule has 0 radical (unpaired) electrons. The molecule has 22 heavy (non-hydrogen) atoms. The molecule has 0 aromatic heterocycles. The lowest BCUT2D eigenvalue weighted by Gasteiger charge is -2.17. The molecule has 1 fully saturated rings. The predicted molar refractivity (Wildman–Crippen MR) is 70.2 cm³/mol. The highest BCUT2D eigenvalue weighted by molar-refractivity contribution is 5.54. The van der Waals surface area contributed by atoms with Gasteiger partial charge < -0.3 is 15.5 Å². The van der Waals surface area contributed by atoms with Gasteiger partial charge in [-0.25, -0.2) is 0 Å². The summed E-state index contributed by atoms with van der Waals surface area (Å²) in [5, 5.41) is 32.7. The number of nitrogens with zero attached hydrogens (tertiary/aromatic N) is 1. The van der Waals surface area contributed by atoms with E-state index in [1.165, 1.54) is 0 Å². The fourth-order valence-electron chi connectivity index (χ4n) is 2.56. The number of phenols is 1. The Morgan fingerprint density at radius 3 is 2.55 bits per heavy atom. The molecule has 1 aliphatic rings. The van der Waals surface area contributed by atoms with E-state index in [2.05, 4.69) is 5.32 Å². The SMILES string of the molecule is O=[N+]([O-])c1cc(CNC2CCCC2O)cc(C(F)(F)F)c1O. The number of halogens is 3. The number of phenolic OH excluding ortho intramolecular Hbond substituents is 1. The van der Waals surface area contributed by atoms with E-state index >= 15 is 0 Å². The van der Waals surface area contributed by atoms with E-state index < -0.39 is 34.2 Å². The zero-order valence-corrected chi connectivity index (χ0v) is 11.4. The first-order valence-electron chi connectivity index (χ1n) is 6.69. The van der Waals surface area contributed by atoms with Crippen molar-refractivity contribution < 1.29 is 28.3 Å². The van der Waals surface area contributed by atoms with Gasteiger partial charge in [-0.2, -0.15) is 13.2 Å². The second-order valence-electron chi connectivity index (χ2n) is 5.25. The lowest BCUT2D eigenvalue weighted by Crippen LogP contribution is -2.35. The van der Waals surface area contributed by atoms with Crippen molar-refractivity contribution in [3.05, 3.63) is 33.4 Å². The van der Waals surface area contributed by atoms with Crippen molar-refractivity contribution in [1.29, 1.82) is 0 Å². The number of nitro groups is 1. The Balaban J connectivity index is 2.27. The van der Waals surface area contributed by atoms with E-state index in [-0.39, 0.29) is 18.2 Å². The van der Waals surface area contributed by atoms with Crippen LogP contribution in [0, 0.1) is 10.1 Å². The lowest BCUT2D eigenvalue weighted by atomic mass is 10.1. The molecule has 0 heterocycles. The first kappa shape index (κ1) is 16.5. The number of aliphatic hydroxyl groups excluding tert-OH is 1. The van der Waals surface area contributed by atoms with Crippen LogP contribution in [0.1, 0.15) is 30.4 Å². The third-order valence-electron chi connectivity index (χ3n) is 3.70. The Morgan fingerprint density at radius 2 is 2.05 bits per heavy atom. The van der Waals surface area contributed by atoms with Crippen LogP contribution in [-0.2, 0) is 12.7 Å². The van der Waals surface area contributed by atoms with E-state index in [0.29, 0.717) is 18.9 Å². The highest BCUT2D eigenvalue weighted by Gasteiger charge is 2.38. The molecule has 1 aliphatic carbocycles. The highest BCUT2D eigenvalue weighted by atomic mass is 19.4. The number of hydrogen-bond donors (Lipinski definition) is 3. The Morgan fingerprint density at radius 1 is 1.36 bits per heavy atom. The molecule has 122 valence electrons. The fourth-order valence-corrected chi connectivity index (χ4v) is 2.56. The molecular formula is C13H15F3N2O4. The topological polar surface area (TPSA) is 95.6 Å². The van der Waals surface area contributed by atoms with Crippen molar-refractivity contribution in [1.82, 2.24) is 5.32 Å².